The van der Waals surface area contributed by atoms with Gasteiger partial charge in [0.15, 0.2) is 0 Å². The number of piperidine rings is 1. The molecule has 0 radical (unpaired) electrons. The Morgan fingerprint density at radius 1 is 1.22 bits per heavy atom. The van der Waals surface area contributed by atoms with E-state index in [1.54, 1.807) is 12.1 Å². The Balaban J connectivity index is 2.03. The number of hydrogen-bond donors (Lipinski definition) is 2. The van der Waals surface area contributed by atoms with Gasteiger partial charge in [0.05, 0.1) is 0 Å². The average Bonchev–Trinajstić information content (AvgIpc) is 2.35. The molecule has 0 aliphatic carbocycles. The lowest BCUT2D eigenvalue weighted by molar-refractivity contribution is 0.205. The summed E-state index contributed by atoms with van der Waals surface area (Å²) in [6, 6.07) is 4.96. The van der Waals surface area contributed by atoms with E-state index in [1.807, 2.05) is 0 Å². The zero-order chi connectivity index (χ0) is 13.0. The molecule has 1 aromatic carbocycles. The highest BCUT2D eigenvalue weighted by Crippen LogP contribution is 2.31. The summed E-state index contributed by atoms with van der Waals surface area (Å²) in [5.41, 5.74) is 1.06. The first kappa shape index (κ1) is 13.2. The Morgan fingerprint density at radius 2 is 1.94 bits per heavy atom. The molecule has 1 atom stereocenters. The molecule has 100 valence electrons. The molecule has 0 spiro atoms. The van der Waals surface area contributed by atoms with Gasteiger partial charge in [-0.05, 0) is 56.0 Å². The molecule has 1 fully saturated rings. The molecule has 3 heteroatoms. The second kappa shape index (κ2) is 6.10. The van der Waals surface area contributed by atoms with E-state index in [9.17, 15) is 10.2 Å². The van der Waals surface area contributed by atoms with Crippen molar-refractivity contribution in [1.29, 1.82) is 0 Å². The van der Waals surface area contributed by atoms with Crippen LogP contribution in [0.2, 0.25) is 0 Å². The number of unbranched alkanes of at least 4 members (excludes halogenated alkanes) is 1. The van der Waals surface area contributed by atoms with E-state index in [4.69, 9.17) is 0 Å². The van der Waals surface area contributed by atoms with E-state index in [0.717, 1.165) is 25.1 Å². The molecule has 1 heterocycles. The van der Waals surface area contributed by atoms with Crippen LogP contribution < -0.4 is 0 Å². The fourth-order valence-electron chi connectivity index (χ4n) is 2.77. The number of phenolic OH excluding ortho intramolecular Hbond substituents is 2. The van der Waals surface area contributed by atoms with Gasteiger partial charge in [0.2, 0.25) is 0 Å². The first-order valence-corrected chi connectivity index (χ1v) is 6.94. The van der Waals surface area contributed by atoms with Gasteiger partial charge in [-0.25, -0.2) is 0 Å². The fourth-order valence-corrected chi connectivity index (χ4v) is 2.77. The highest BCUT2D eigenvalue weighted by Gasteiger charge is 2.21. The van der Waals surface area contributed by atoms with Crippen LogP contribution in [0.5, 0.6) is 11.5 Å². The Kier molecular flexibility index (Phi) is 4.48. The van der Waals surface area contributed by atoms with Crippen molar-refractivity contribution in [3.05, 3.63) is 23.8 Å². The summed E-state index contributed by atoms with van der Waals surface area (Å²) in [5, 5.41) is 19.1. The van der Waals surface area contributed by atoms with E-state index in [1.165, 1.54) is 31.9 Å². The lowest BCUT2D eigenvalue weighted by Gasteiger charge is -2.33. The van der Waals surface area contributed by atoms with Crippen LogP contribution in [0, 0.1) is 0 Å². The highest BCUT2D eigenvalue weighted by atomic mass is 16.3. The van der Waals surface area contributed by atoms with Crippen LogP contribution in [0.4, 0.5) is 0 Å². The van der Waals surface area contributed by atoms with Crippen LogP contribution in [0.25, 0.3) is 0 Å². The number of hydrogen-bond acceptors (Lipinski definition) is 3. The predicted octanol–water partition coefficient (Wildman–Crippen LogP) is 3.08. The van der Waals surface area contributed by atoms with Crippen molar-refractivity contribution in [2.45, 2.75) is 38.5 Å². The van der Waals surface area contributed by atoms with Gasteiger partial charge in [0, 0.05) is 12.6 Å². The van der Waals surface area contributed by atoms with Gasteiger partial charge in [-0.2, -0.15) is 0 Å². The minimum absolute atomic E-state index is 0.163. The molecular formula is C15H23NO2. The number of phenols is 2. The normalized spacial score (nSPS) is 21.1. The molecule has 2 N–H and O–H groups in total. The summed E-state index contributed by atoms with van der Waals surface area (Å²) < 4.78 is 0. The van der Waals surface area contributed by atoms with E-state index < -0.39 is 0 Å². The number of aromatic hydroxyl groups is 2. The van der Waals surface area contributed by atoms with Crippen molar-refractivity contribution in [3.63, 3.8) is 0 Å². The van der Waals surface area contributed by atoms with Crippen molar-refractivity contribution in [1.82, 2.24) is 4.90 Å². The van der Waals surface area contributed by atoms with Gasteiger partial charge in [0.1, 0.15) is 11.5 Å². The maximum Gasteiger partial charge on any atom is 0.119 e. The van der Waals surface area contributed by atoms with Gasteiger partial charge in [-0.15, -0.1) is 0 Å². The van der Waals surface area contributed by atoms with Crippen LogP contribution in [0.1, 0.15) is 44.1 Å². The maximum atomic E-state index is 9.56. The molecule has 0 aromatic heterocycles. The molecule has 1 saturated heterocycles. The molecule has 1 aliphatic heterocycles. The largest absolute Gasteiger partial charge is 0.508 e. The second-order valence-corrected chi connectivity index (χ2v) is 5.28. The summed E-state index contributed by atoms with van der Waals surface area (Å²) in [7, 11) is 0. The smallest absolute Gasteiger partial charge is 0.119 e. The molecule has 2 rings (SSSR count). The van der Waals surface area contributed by atoms with Crippen molar-refractivity contribution in [3.8, 4) is 11.5 Å². The average molecular weight is 249 g/mol. The lowest BCUT2D eigenvalue weighted by atomic mass is 9.90. The maximum absolute atomic E-state index is 9.56. The second-order valence-electron chi connectivity index (χ2n) is 5.28. The van der Waals surface area contributed by atoms with E-state index in [0.29, 0.717) is 5.92 Å². The van der Waals surface area contributed by atoms with Crippen LogP contribution in [0.3, 0.4) is 0 Å². The zero-order valence-electron chi connectivity index (χ0n) is 11.1. The predicted molar refractivity (Wildman–Crippen MR) is 73.1 cm³/mol. The van der Waals surface area contributed by atoms with Gasteiger partial charge in [-0.1, -0.05) is 13.3 Å². The molecule has 0 saturated carbocycles. The summed E-state index contributed by atoms with van der Waals surface area (Å²) in [6.45, 7) is 5.61. The fraction of sp³-hybridized carbons (Fsp3) is 0.600. The first-order chi connectivity index (χ1) is 8.69. The Hall–Kier alpha value is -1.22. The number of rotatable bonds is 4. The van der Waals surface area contributed by atoms with Gasteiger partial charge < -0.3 is 15.1 Å². The van der Waals surface area contributed by atoms with Gasteiger partial charge >= 0.3 is 0 Å². The van der Waals surface area contributed by atoms with Crippen molar-refractivity contribution in [2.24, 2.45) is 0 Å². The molecule has 1 aromatic rings. The standard InChI is InChI=1S/C15H23NO2/c1-2-3-6-16-7-4-5-12(11-16)13-8-14(17)10-15(18)9-13/h8-10,12,17-18H,2-7,11H2,1H3. The first-order valence-electron chi connectivity index (χ1n) is 6.94. The lowest BCUT2D eigenvalue weighted by Crippen LogP contribution is -2.35. The van der Waals surface area contributed by atoms with Crippen LogP contribution in [-0.2, 0) is 0 Å². The zero-order valence-corrected chi connectivity index (χ0v) is 11.1. The third-order valence-electron chi connectivity index (χ3n) is 3.73. The summed E-state index contributed by atoms with van der Waals surface area (Å²) in [5.74, 6) is 0.764. The third-order valence-corrected chi connectivity index (χ3v) is 3.73. The Labute approximate surface area is 109 Å². The van der Waals surface area contributed by atoms with Crippen molar-refractivity contribution in [2.75, 3.05) is 19.6 Å². The summed E-state index contributed by atoms with van der Waals surface area (Å²) in [6.07, 6.45) is 4.82. The number of benzene rings is 1. The van der Waals surface area contributed by atoms with Gasteiger partial charge in [-0.3, -0.25) is 0 Å². The molecule has 1 aliphatic rings. The third kappa shape index (κ3) is 3.39. The highest BCUT2D eigenvalue weighted by molar-refractivity contribution is 5.38. The minimum atomic E-state index is 0.163. The summed E-state index contributed by atoms with van der Waals surface area (Å²) in [4.78, 5) is 2.50. The molecule has 3 nitrogen and oxygen atoms in total. The molecule has 1 unspecified atom stereocenters. The van der Waals surface area contributed by atoms with E-state index in [-0.39, 0.29) is 11.5 Å². The Morgan fingerprint density at radius 3 is 2.61 bits per heavy atom. The monoisotopic (exact) mass is 249 g/mol. The SMILES string of the molecule is CCCCN1CCCC(c2cc(O)cc(O)c2)C1. The summed E-state index contributed by atoms with van der Waals surface area (Å²) >= 11 is 0. The molecular weight excluding hydrogens is 226 g/mol. The van der Waals surface area contributed by atoms with E-state index in [2.05, 4.69) is 11.8 Å². The number of likely N-dealkylation sites (tertiary alicyclic amines) is 1. The van der Waals surface area contributed by atoms with Crippen molar-refractivity contribution >= 4 is 0 Å². The van der Waals surface area contributed by atoms with E-state index >= 15 is 0 Å². The van der Waals surface area contributed by atoms with Gasteiger partial charge in [0.25, 0.3) is 0 Å². The van der Waals surface area contributed by atoms with Crippen LogP contribution >= 0.6 is 0 Å². The van der Waals surface area contributed by atoms with Crippen LogP contribution in [0.15, 0.2) is 18.2 Å². The minimum Gasteiger partial charge on any atom is -0.508 e. The quantitative estimate of drug-likeness (QED) is 0.862. The number of nitrogens with zero attached hydrogens (tertiary/aromatic N) is 1. The Bertz CT molecular complexity index is 372. The molecule has 0 bridgehead atoms. The molecule has 18 heavy (non-hydrogen) atoms. The molecule has 0 amide bonds. The topological polar surface area (TPSA) is 43.7 Å². The van der Waals surface area contributed by atoms with Crippen molar-refractivity contribution < 1.29 is 10.2 Å². The van der Waals surface area contributed by atoms with Crippen LogP contribution in [-0.4, -0.2) is 34.7 Å².